The van der Waals surface area contributed by atoms with Crippen LogP contribution in [0.15, 0.2) is 17.7 Å². The van der Waals surface area contributed by atoms with Crippen LogP contribution in [-0.2, 0) is 22.5 Å². The van der Waals surface area contributed by atoms with Gasteiger partial charge in [0.25, 0.3) is 5.91 Å². The Hall–Kier alpha value is -2.50. The molecule has 0 bridgehead atoms. The number of ether oxygens (including phenoxy) is 1. The van der Waals surface area contributed by atoms with Crippen molar-refractivity contribution >= 4 is 11.9 Å². The molecule has 0 saturated heterocycles. The molecule has 6 heteroatoms. The third-order valence-electron chi connectivity index (χ3n) is 3.84. The molecule has 0 unspecified atom stereocenters. The first-order valence-electron chi connectivity index (χ1n) is 7.60. The number of aromatic hydroxyl groups is 2. The lowest BCUT2D eigenvalue weighted by molar-refractivity contribution is -0.143. The highest BCUT2D eigenvalue weighted by atomic mass is 16.5. The molecule has 1 amide bonds. The molecule has 1 aromatic carbocycles. The summed E-state index contributed by atoms with van der Waals surface area (Å²) in [5.74, 6) is -0.688. The number of phenolic OH excluding ortho intramolecular Hbond substituents is 2. The lowest BCUT2D eigenvalue weighted by Crippen LogP contribution is -2.12. The number of carbonyl (C=O) groups excluding carboxylic acids is 2. The van der Waals surface area contributed by atoms with Crippen molar-refractivity contribution in [1.82, 2.24) is 5.32 Å². The zero-order valence-corrected chi connectivity index (χ0v) is 13.3. The highest BCUT2D eigenvalue weighted by Crippen LogP contribution is 2.36. The van der Waals surface area contributed by atoms with Crippen LogP contribution in [0.5, 0.6) is 11.5 Å². The molecule has 23 heavy (non-hydrogen) atoms. The number of carbonyl (C=O) groups is 2. The first kappa shape index (κ1) is 16.9. The van der Waals surface area contributed by atoms with E-state index in [1.807, 2.05) is 13.0 Å². The van der Waals surface area contributed by atoms with E-state index in [9.17, 15) is 19.8 Å². The Bertz CT molecular complexity index is 663. The van der Waals surface area contributed by atoms with Gasteiger partial charge in [0.05, 0.1) is 12.2 Å². The minimum absolute atomic E-state index is 0.0483. The van der Waals surface area contributed by atoms with Gasteiger partial charge >= 0.3 is 5.97 Å². The quantitative estimate of drug-likeness (QED) is 0.552. The van der Waals surface area contributed by atoms with E-state index in [1.54, 1.807) is 6.92 Å². The molecule has 1 aliphatic heterocycles. The molecule has 0 spiro atoms. The maximum atomic E-state index is 11.6. The highest BCUT2D eigenvalue weighted by molar-refractivity contribution is 5.99. The minimum Gasteiger partial charge on any atom is -0.507 e. The van der Waals surface area contributed by atoms with Crippen LogP contribution in [0.25, 0.3) is 0 Å². The Balaban J connectivity index is 2.07. The van der Waals surface area contributed by atoms with Gasteiger partial charge in [-0.1, -0.05) is 11.6 Å². The van der Waals surface area contributed by atoms with Crippen LogP contribution in [-0.4, -0.2) is 28.7 Å². The van der Waals surface area contributed by atoms with Gasteiger partial charge < -0.3 is 20.3 Å². The summed E-state index contributed by atoms with van der Waals surface area (Å²) < 4.78 is 4.87. The second-order valence-electron chi connectivity index (χ2n) is 5.49. The smallest absolute Gasteiger partial charge is 0.306 e. The summed E-state index contributed by atoms with van der Waals surface area (Å²) in [6.07, 6.45) is 3.04. The molecule has 0 radical (unpaired) electrons. The monoisotopic (exact) mass is 319 g/mol. The Kier molecular flexibility index (Phi) is 5.26. The van der Waals surface area contributed by atoms with Crippen molar-refractivity contribution in [3.05, 3.63) is 34.4 Å². The third kappa shape index (κ3) is 3.83. The fraction of sp³-hybridized carbons (Fsp3) is 0.412. The van der Waals surface area contributed by atoms with E-state index in [2.05, 4.69) is 5.32 Å². The minimum atomic E-state index is -0.293. The van der Waals surface area contributed by atoms with Gasteiger partial charge in [0.1, 0.15) is 11.5 Å². The molecule has 2 rings (SSSR count). The van der Waals surface area contributed by atoms with E-state index in [4.69, 9.17) is 4.74 Å². The van der Waals surface area contributed by atoms with E-state index < -0.39 is 0 Å². The Morgan fingerprint density at radius 1 is 1.39 bits per heavy atom. The van der Waals surface area contributed by atoms with Gasteiger partial charge in [0.15, 0.2) is 0 Å². The molecule has 0 saturated carbocycles. The molecular formula is C17H21NO5. The van der Waals surface area contributed by atoms with Crippen molar-refractivity contribution in [2.75, 3.05) is 6.61 Å². The number of phenols is 2. The van der Waals surface area contributed by atoms with E-state index >= 15 is 0 Å². The summed E-state index contributed by atoms with van der Waals surface area (Å²) in [4.78, 5) is 22.9. The predicted octanol–water partition coefficient (Wildman–Crippen LogP) is 2.17. The average molecular weight is 319 g/mol. The molecule has 1 aliphatic rings. The normalized spacial score (nSPS) is 13.7. The summed E-state index contributed by atoms with van der Waals surface area (Å²) in [7, 11) is 0. The number of hydrogen-bond acceptors (Lipinski definition) is 5. The summed E-state index contributed by atoms with van der Waals surface area (Å²) in [6, 6.07) is 1.38. The molecule has 0 aliphatic carbocycles. The maximum Gasteiger partial charge on any atom is 0.306 e. The SMILES string of the molecule is CCOC(=O)CC/C(C)=C/Cc1c(O)cc2c(c1O)CNC2=O. The number of esters is 1. The van der Waals surface area contributed by atoms with Crippen molar-refractivity contribution in [2.24, 2.45) is 0 Å². The Morgan fingerprint density at radius 3 is 2.83 bits per heavy atom. The molecule has 6 nitrogen and oxygen atoms in total. The fourth-order valence-electron chi connectivity index (χ4n) is 2.50. The molecule has 0 atom stereocenters. The Labute approximate surface area is 134 Å². The van der Waals surface area contributed by atoms with Gasteiger partial charge in [0.2, 0.25) is 0 Å². The van der Waals surface area contributed by atoms with Crippen LogP contribution in [0.1, 0.15) is 48.2 Å². The second-order valence-corrected chi connectivity index (χ2v) is 5.49. The molecule has 0 fully saturated rings. The molecular weight excluding hydrogens is 298 g/mol. The number of allylic oxidation sites excluding steroid dienone is 2. The average Bonchev–Trinajstić information content (AvgIpc) is 2.87. The second kappa shape index (κ2) is 7.17. The molecule has 124 valence electrons. The van der Waals surface area contributed by atoms with Crippen molar-refractivity contribution in [3.63, 3.8) is 0 Å². The van der Waals surface area contributed by atoms with E-state index in [0.29, 0.717) is 42.6 Å². The van der Waals surface area contributed by atoms with Crippen LogP contribution in [0.3, 0.4) is 0 Å². The topological polar surface area (TPSA) is 95.9 Å². The van der Waals surface area contributed by atoms with Gasteiger partial charge in [0, 0.05) is 24.1 Å². The molecule has 3 N–H and O–H groups in total. The number of nitrogens with one attached hydrogen (secondary N) is 1. The number of benzene rings is 1. The summed E-state index contributed by atoms with van der Waals surface area (Å²) in [5.41, 5.74) is 2.18. The summed E-state index contributed by atoms with van der Waals surface area (Å²) >= 11 is 0. The van der Waals surface area contributed by atoms with E-state index in [0.717, 1.165) is 5.57 Å². The summed E-state index contributed by atoms with van der Waals surface area (Å²) in [5, 5.41) is 22.9. The summed E-state index contributed by atoms with van der Waals surface area (Å²) in [6.45, 7) is 4.27. The standard InChI is InChI=1S/C17H21NO5/c1-3-23-15(20)7-5-10(2)4-6-11-14(19)8-12-13(16(11)21)9-18-17(12)22/h4,8,19,21H,3,5-7,9H2,1-2H3,(H,18,22)/b10-4+. The van der Waals surface area contributed by atoms with Gasteiger partial charge in [-0.15, -0.1) is 0 Å². The van der Waals surface area contributed by atoms with Gasteiger partial charge in [-0.3, -0.25) is 9.59 Å². The molecule has 0 aromatic heterocycles. The number of hydrogen-bond donors (Lipinski definition) is 3. The van der Waals surface area contributed by atoms with E-state index in [1.165, 1.54) is 6.07 Å². The zero-order chi connectivity index (χ0) is 17.0. The lowest BCUT2D eigenvalue weighted by Gasteiger charge is -2.10. The van der Waals surface area contributed by atoms with Gasteiger partial charge in [-0.25, -0.2) is 0 Å². The lowest BCUT2D eigenvalue weighted by atomic mass is 9.99. The number of fused-ring (bicyclic) bond motifs is 1. The van der Waals surface area contributed by atoms with Crippen LogP contribution < -0.4 is 5.32 Å². The van der Waals surface area contributed by atoms with Crippen molar-refractivity contribution in [1.29, 1.82) is 0 Å². The predicted molar refractivity (Wildman–Crippen MR) is 84.3 cm³/mol. The van der Waals surface area contributed by atoms with Crippen LogP contribution in [0.4, 0.5) is 0 Å². The first-order valence-corrected chi connectivity index (χ1v) is 7.60. The molecule has 1 heterocycles. The van der Waals surface area contributed by atoms with Crippen molar-refractivity contribution in [3.8, 4) is 11.5 Å². The highest BCUT2D eigenvalue weighted by Gasteiger charge is 2.25. The van der Waals surface area contributed by atoms with Gasteiger partial charge in [-0.2, -0.15) is 0 Å². The van der Waals surface area contributed by atoms with Crippen LogP contribution in [0, 0.1) is 0 Å². The van der Waals surface area contributed by atoms with Crippen LogP contribution in [0.2, 0.25) is 0 Å². The first-order chi connectivity index (χ1) is 10.9. The zero-order valence-electron chi connectivity index (χ0n) is 13.3. The van der Waals surface area contributed by atoms with Crippen molar-refractivity contribution in [2.45, 2.75) is 39.7 Å². The fourth-order valence-corrected chi connectivity index (χ4v) is 2.50. The number of rotatable bonds is 6. The maximum absolute atomic E-state index is 11.6. The third-order valence-corrected chi connectivity index (χ3v) is 3.84. The van der Waals surface area contributed by atoms with Gasteiger partial charge in [-0.05, 0) is 32.8 Å². The van der Waals surface area contributed by atoms with Crippen molar-refractivity contribution < 1.29 is 24.5 Å². The Morgan fingerprint density at radius 2 is 2.13 bits per heavy atom. The number of amides is 1. The largest absolute Gasteiger partial charge is 0.507 e. The van der Waals surface area contributed by atoms with Crippen LogP contribution >= 0.6 is 0 Å². The van der Waals surface area contributed by atoms with E-state index in [-0.39, 0.29) is 29.9 Å². The molecule has 1 aromatic rings.